The fraction of sp³-hybridized carbons (Fsp3) is 0.100. The van der Waals surface area contributed by atoms with Gasteiger partial charge in [-0.3, -0.25) is 9.89 Å². The van der Waals surface area contributed by atoms with Crippen LogP contribution >= 0.6 is 23.2 Å². The Balaban J connectivity index is 1.76. The molecule has 0 aliphatic heterocycles. The lowest BCUT2D eigenvalue weighted by atomic mass is 10.0. The van der Waals surface area contributed by atoms with Crippen LogP contribution in [0.4, 0.5) is 4.39 Å². The lowest BCUT2D eigenvalue weighted by Gasteiger charge is -2.09. The van der Waals surface area contributed by atoms with E-state index in [2.05, 4.69) is 20.4 Å². The van der Waals surface area contributed by atoms with E-state index in [1.165, 1.54) is 18.2 Å². The summed E-state index contributed by atoms with van der Waals surface area (Å²) in [6, 6.07) is 8.92. The molecule has 10 heteroatoms. The number of hydrogen-bond acceptors (Lipinski definition) is 4. The number of benzene rings is 2. The molecule has 0 fully saturated rings. The Morgan fingerprint density at radius 2 is 1.97 bits per heavy atom. The van der Waals surface area contributed by atoms with Crippen LogP contribution in [0.1, 0.15) is 32.9 Å². The Morgan fingerprint density at radius 1 is 1.17 bits per heavy atom. The molecule has 0 atom stereocenters. The fourth-order valence-corrected chi connectivity index (χ4v) is 3.74. The molecule has 2 heterocycles. The van der Waals surface area contributed by atoms with E-state index >= 15 is 0 Å². The number of H-pyrrole nitrogens is 2. The van der Waals surface area contributed by atoms with E-state index in [0.717, 1.165) is 0 Å². The van der Waals surface area contributed by atoms with Gasteiger partial charge in [-0.25, -0.2) is 9.18 Å². The maximum absolute atomic E-state index is 14.2. The predicted octanol–water partition coefficient (Wildman–Crippen LogP) is 3.97. The number of rotatable bonds is 5. The number of carboxylic acid groups (broad SMARTS) is 1. The van der Waals surface area contributed by atoms with E-state index < -0.39 is 17.3 Å². The molecule has 0 saturated carbocycles. The molecule has 152 valence electrons. The Morgan fingerprint density at radius 3 is 2.70 bits per heavy atom. The third-order valence-electron chi connectivity index (χ3n) is 4.71. The molecule has 0 bridgehead atoms. The highest BCUT2D eigenvalue weighted by Crippen LogP contribution is 2.27. The Hall–Kier alpha value is -3.23. The van der Waals surface area contributed by atoms with E-state index in [0.29, 0.717) is 38.4 Å². The number of fused-ring (bicyclic) bond motifs is 1. The highest BCUT2D eigenvalue weighted by atomic mass is 35.5. The van der Waals surface area contributed by atoms with E-state index in [9.17, 15) is 19.1 Å². The average Bonchev–Trinajstić information content (AvgIpc) is 3.11. The van der Waals surface area contributed by atoms with Crippen LogP contribution in [0.25, 0.3) is 10.9 Å². The number of halogens is 3. The number of nitrogens with one attached hydrogen (secondary N) is 2. The van der Waals surface area contributed by atoms with Gasteiger partial charge < -0.3 is 10.1 Å². The zero-order valence-electron chi connectivity index (χ0n) is 15.2. The van der Waals surface area contributed by atoms with Gasteiger partial charge in [0.2, 0.25) is 0 Å². The molecule has 4 aromatic rings. The van der Waals surface area contributed by atoms with Gasteiger partial charge in [0, 0.05) is 33.8 Å². The molecule has 7 nitrogen and oxygen atoms in total. The number of carbonyl (C=O) groups is 1. The predicted molar refractivity (Wildman–Crippen MR) is 110 cm³/mol. The minimum Gasteiger partial charge on any atom is -0.477 e. The van der Waals surface area contributed by atoms with Crippen molar-refractivity contribution in [2.45, 2.75) is 12.8 Å². The third-order valence-corrected chi connectivity index (χ3v) is 5.28. The summed E-state index contributed by atoms with van der Waals surface area (Å²) in [5.74, 6) is -1.78. The molecule has 30 heavy (non-hydrogen) atoms. The number of carboxylic acids is 1. The maximum atomic E-state index is 14.2. The Bertz CT molecular complexity index is 1330. The molecule has 0 amide bonds. The number of pyridine rings is 1. The van der Waals surface area contributed by atoms with Gasteiger partial charge in [-0.2, -0.15) is 0 Å². The van der Waals surface area contributed by atoms with Gasteiger partial charge in [-0.1, -0.05) is 34.5 Å². The molecule has 4 rings (SSSR count). The second-order valence-electron chi connectivity index (χ2n) is 6.64. The molecule has 0 spiro atoms. The van der Waals surface area contributed by atoms with Gasteiger partial charge in [-0.05, 0) is 35.9 Å². The third kappa shape index (κ3) is 3.79. The molecule has 0 unspecified atom stereocenters. The monoisotopic (exact) mass is 446 g/mol. The number of nitrogens with zero attached hydrogens (tertiary/aromatic N) is 2. The lowest BCUT2D eigenvalue weighted by Crippen LogP contribution is -2.17. The molecule has 0 aliphatic carbocycles. The molecule has 3 N–H and O–H groups in total. The summed E-state index contributed by atoms with van der Waals surface area (Å²) >= 11 is 12.3. The van der Waals surface area contributed by atoms with E-state index in [1.54, 1.807) is 18.2 Å². The summed E-state index contributed by atoms with van der Waals surface area (Å²) in [6.45, 7) is 0. The first-order chi connectivity index (χ1) is 14.3. The maximum Gasteiger partial charge on any atom is 0.341 e. The Labute approximate surface area is 178 Å². The van der Waals surface area contributed by atoms with Gasteiger partial charge >= 0.3 is 5.97 Å². The highest BCUT2D eigenvalue weighted by molar-refractivity contribution is 6.31. The molecule has 0 aliphatic rings. The summed E-state index contributed by atoms with van der Waals surface area (Å²) < 4.78 is 14.2. The van der Waals surface area contributed by atoms with Crippen LogP contribution in [0.15, 0.2) is 41.2 Å². The average molecular weight is 447 g/mol. The SMILES string of the molecule is O=C(O)c1cc2cc(Cl)cc(Cc3nn[nH]c3Cc3c(F)cccc3Cl)c2[nH]c1=O. The fourth-order valence-electron chi connectivity index (χ4n) is 3.27. The largest absolute Gasteiger partial charge is 0.477 e. The summed E-state index contributed by atoms with van der Waals surface area (Å²) in [7, 11) is 0. The molecule has 0 radical (unpaired) electrons. The van der Waals surface area contributed by atoms with Crippen molar-refractivity contribution in [1.29, 1.82) is 0 Å². The van der Waals surface area contributed by atoms with E-state index in [1.807, 2.05) is 0 Å². The van der Waals surface area contributed by atoms with Crippen molar-refractivity contribution in [2.24, 2.45) is 0 Å². The quantitative estimate of drug-likeness (QED) is 0.429. The summed E-state index contributed by atoms with van der Waals surface area (Å²) in [4.78, 5) is 26.0. The van der Waals surface area contributed by atoms with Crippen molar-refractivity contribution >= 4 is 40.1 Å². The second-order valence-corrected chi connectivity index (χ2v) is 7.48. The van der Waals surface area contributed by atoms with Crippen LogP contribution in [0, 0.1) is 5.82 Å². The summed E-state index contributed by atoms with van der Waals surface area (Å²) in [5, 5.41) is 20.9. The number of aromatic nitrogens is 4. The van der Waals surface area contributed by atoms with Crippen molar-refractivity contribution in [2.75, 3.05) is 0 Å². The zero-order chi connectivity index (χ0) is 21.4. The zero-order valence-corrected chi connectivity index (χ0v) is 16.7. The van der Waals surface area contributed by atoms with Crippen LogP contribution in [0.3, 0.4) is 0 Å². The standard InChI is InChI=1S/C20H13Cl2FN4O3/c21-11-4-9-6-13(20(29)30)19(28)24-18(9)10(5-11)7-16-17(26-27-25-16)8-12-14(22)2-1-3-15(12)23/h1-6H,7-8H2,(H,24,28)(H,29,30)(H,25,26,27). The van der Waals surface area contributed by atoms with Crippen molar-refractivity contribution in [3.8, 4) is 0 Å². The van der Waals surface area contributed by atoms with Crippen molar-refractivity contribution in [3.63, 3.8) is 0 Å². The highest BCUT2D eigenvalue weighted by Gasteiger charge is 2.17. The second kappa shape index (κ2) is 7.89. The molecule has 2 aromatic carbocycles. The minimum atomic E-state index is -1.33. The Kier molecular flexibility index (Phi) is 5.27. The number of aromatic amines is 2. The van der Waals surface area contributed by atoms with Crippen LogP contribution in [-0.4, -0.2) is 31.5 Å². The number of hydrogen-bond donors (Lipinski definition) is 3. The number of aromatic carboxylic acids is 1. The van der Waals surface area contributed by atoms with Crippen LogP contribution in [0.2, 0.25) is 10.0 Å². The van der Waals surface area contributed by atoms with Gasteiger partial charge in [0.1, 0.15) is 11.4 Å². The van der Waals surface area contributed by atoms with Crippen LogP contribution < -0.4 is 5.56 Å². The van der Waals surface area contributed by atoms with Crippen molar-refractivity contribution < 1.29 is 14.3 Å². The topological polar surface area (TPSA) is 112 Å². The normalized spacial score (nSPS) is 11.2. The lowest BCUT2D eigenvalue weighted by molar-refractivity contribution is 0.0695. The molecule has 0 saturated heterocycles. The summed E-state index contributed by atoms with van der Waals surface area (Å²) in [5.41, 5.74) is 1.32. The molecular weight excluding hydrogens is 434 g/mol. The van der Waals surface area contributed by atoms with Crippen LogP contribution in [-0.2, 0) is 12.8 Å². The molecule has 2 aromatic heterocycles. The van der Waals surface area contributed by atoms with Gasteiger partial charge in [0.15, 0.2) is 0 Å². The summed E-state index contributed by atoms with van der Waals surface area (Å²) in [6.07, 6.45) is 0.364. The van der Waals surface area contributed by atoms with Crippen molar-refractivity contribution in [1.82, 2.24) is 20.4 Å². The first kappa shape index (κ1) is 20.1. The van der Waals surface area contributed by atoms with Crippen LogP contribution in [0.5, 0.6) is 0 Å². The van der Waals surface area contributed by atoms with E-state index in [4.69, 9.17) is 23.2 Å². The first-order valence-electron chi connectivity index (χ1n) is 8.74. The van der Waals surface area contributed by atoms with Crippen molar-refractivity contribution in [3.05, 3.63) is 90.7 Å². The first-order valence-corrected chi connectivity index (χ1v) is 9.49. The minimum absolute atomic E-state index is 0.145. The van der Waals surface area contributed by atoms with Gasteiger partial charge in [-0.15, -0.1) is 5.10 Å². The van der Waals surface area contributed by atoms with Gasteiger partial charge in [0.25, 0.3) is 5.56 Å². The smallest absolute Gasteiger partial charge is 0.341 e. The molecular formula is C20H13Cl2FN4O3. The van der Waals surface area contributed by atoms with E-state index in [-0.39, 0.29) is 23.4 Å². The van der Waals surface area contributed by atoms with Gasteiger partial charge in [0.05, 0.1) is 16.9 Å².